The van der Waals surface area contributed by atoms with Crippen LogP contribution in [0, 0.1) is 5.82 Å². The Labute approximate surface area is 275 Å². The third-order valence-corrected chi connectivity index (χ3v) is 7.92. The summed E-state index contributed by atoms with van der Waals surface area (Å²) in [5.74, 6) is 0.691. The van der Waals surface area contributed by atoms with Gasteiger partial charge in [0.25, 0.3) is 0 Å². The van der Waals surface area contributed by atoms with E-state index in [9.17, 15) is 9.18 Å². The molecule has 4 aromatic rings. The number of ether oxygens (including phenoxy) is 3. The van der Waals surface area contributed by atoms with Gasteiger partial charge in [0.1, 0.15) is 23.4 Å². The first kappa shape index (κ1) is 33.9. The number of unbranched alkanes of at least 4 members (excludes halogenated alkanes) is 3. The van der Waals surface area contributed by atoms with Gasteiger partial charge in [-0.3, -0.25) is 4.90 Å². The molecule has 0 aliphatic carbocycles. The molecule has 7 nitrogen and oxygen atoms in total. The number of hydrogen-bond donors (Lipinski definition) is 1. The number of halogens is 2. The van der Waals surface area contributed by atoms with Crippen LogP contribution >= 0.6 is 11.6 Å². The summed E-state index contributed by atoms with van der Waals surface area (Å²) in [6.45, 7) is 3.65. The van der Waals surface area contributed by atoms with Crippen LogP contribution in [0.3, 0.4) is 0 Å². The van der Waals surface area contributed by atoms with Crippen molar-refractivity contribution in [1.82, 2.24) is 9.88 Å². The van der Waals surface area contributed by atoms with Crippen molar-refractivity contribution in [3.8, 4) is 11.5 Å². The van der Waals surface area contributed by atoms with Crippen LogP contribution in [0.2, 0.25) is 5.02 Å². The quantitative estimate of drug-likeness (QED) is 0.151. The molecule has 0 saturated carbocycles. The number of rotatable bonds is 14. The minimum absolute atomic E-state index is 0. The summed E-state index contributed by atoms with van der Waals surface area (Å²) in [6.07, 6.45) is 5.46. The van der Waals surface area contributed by atoms with Gasteiger partial charge in [-0.1, -0.05) is 43.0 Å². The van der Waals surface area contributed by atoms with E-state index < -0.39 is 12.1 Å². The van der Waals surface area contributed by atoms with Crippen molar-refractivity contribution < 1.29 is 42.3 Å². The van der Waals surface area contributed by atoms with Crippen LogP contribution in [0.1, 0.15) is 55.0 Å². The second kappa shape index (κ2) is 16.9. The largest absolute Gasteiger partial charge is 1.00 e. The van der Waals surface area contributed by atoms with Gasteiger partial charge in [0.2, 0.25) is 0 Å². The molecule has 228 valence electrons. The predicted molar refractivity (Wildman–Crippen MR) is 168 cm³/mol. The number of nitrogens with zero attached hydrogens (tertiary/aromatic N) is 2. The molecule has 1 N–H and O–H groups in total. The van der Waals surface area contributed by atoms with Crippen LogP contribution in [-0.2, 0) is 11.2 Å². The molecule has 1 unspecified atom stereocenters. The van der Waals surface area contributed by atoms with E-state index in [0.29, 0.717) is 30.3 Å². The van der Waals surface area contributed by atoms with Gasteiger partial charge in [-0.15, -0.1) is 13.1 Å². The van der Waals surface area contributed by atoms with Crippen LogP contribution < -0.4 is 28.3 Å². The topological polar surface area (TPSA) is 77.9 Å². The van der Waals surface area contributed by atoms with Gasteiger partial charge in [-0.05, 0) is 85.0 Å². The van der Waals surface area contributed by atoms with Crippen LogP contribution in [-0.4, -0.2) is 55.9 Å². The molecule has 44 heavy (non-hydrogen) atoms. The van der Waals surface area contributed by atoms with Crippen LogP contribution in [0.25, 0.3) is 16.2 Å². The van der Waals surface area contributed by atoms with Gasteiger partial charge in [0.05, 0.1) is 6.61 Å². The number of aromatic nitrogens is 1. The van der Waals surface area contributed by atoms with Crippen molar-refractivity contribution in [3.05, 3.63) is 99.7 Å². The molecule has 1 aromatic heterocycles. The number of amides is 1. The number of benzene rings is 3. The number of fused-ring (bicyclic) bond motifs is 3. The van der Waals surface area contributed by atoms with Gasteiger partial charge >= 0.3 is 25.0 Å². The smallest absolute Gasteiger partial charge is 0.662 e. The van der Waals surface area contributed by atoms with E-state index in [4.69, 9.17) is 25.8 Å². The predicted octanol–water partition coefficient (Wildman–Crippen LogP) is 5.46. The third kappa shape index (κ3) is 8.80. The molecule has 2 heterocycles. The zero-order valence-electron chi connectivity index (χ0n) is 25.5. The Hall–Kier alpha value is -2.99. The molecule has 1 amide bonds. The maximum atomic E-state index is 13.4. The average molecular weight is 614 g/mol. The van der Waals surface area contributed by atoms with Gasteiger partial charge in [-0.2, -0.15) is 0 Å². The first-order valence-electron chi connectivity index (χ1n) is 14.9. The molecular formula is C34H38ClFLiN3O4. The number of hydrogen-bond acceptors (Lipinski definition) is 4. The molecule has 1 atom stereocenters. The van der Waals surface area contributed by atoms with Gasteiger partial charge < -0.3 is 24.5 Å². The van der Waals surface area contributed by atoms with E-state index in [1.165, 1.54) is 24.3 Å². The minimum atomic E-state index is -0.498. The fourth-order valence-electron chi connectivity index (χ4n) is 5.51. The molecule has 1 aliphatic heterocycles. The number of H-pyrrole nitrogens is 1. The van der Waals surface area contributed by atoms with E-state index in [0.717, 1.165) is 85.3 Å². The molecule has 5 rings (SSSR count). The van der Waals surface area contributed by atoms with Gasteiger partial charge in [-0.25, -0.2) is 9.18 Å². The van der Waals surface area contributed by atoms with Crippen molar-refractivity contribution in [2.45, 2.75) is 44.6 Å². The molecule has 0 bridgehead atoms. The summed E-state index contributed by atoms with van der Waals surface area (Å²) < 4.78 is 30.1. The number of aromatic amines is 1. The summed E-state index contributed by atoms with van der Waals surface area (Å²) in [6, 6.07) is 18.7. The Bertz CT molecular complexity index is 1480. The second-order valence-corrected chi connectivity index (χ2v) is 11.2. The molecule has 10 heteroatoms. The number of nitrogens with one attached hydrogen (secondary N) is 1. The summed E-state index contributed by atoms with van der Waals surface area (Å²) in [7, 11) is 1.72. The number of carbonyl (C=O) groups excluding carboxylic acids is 1. The summed E-state index contributed by atoms with van der Waals surface area (Å²) in [5, 5.41) is 6.25. The fraction of sp³-hybridized carbons (Fsp3) is 0.382. The van der Waals surface area contributed by atoms with Crippen LogP contribution in [0.15, 0.2) is 66.7 Å². The van der Waals surface area contributed by atoms with E-state index in [1.807, 2.05) is 42.5 Å². The van der Waals surface area contributed by atoms with Crippen molar-refractivity contribution in [1.29, 1.82) is 0 Å². The average Bonchev–Trinajstić information content (AvgIpc) is 3.38. The molecular weight excluding hydrogens is 576 g/mol. The van der Waals surface area contributed by atoms with E-state index in [1.54, 1.807) is 12.0 Å². The molecule has 0 radical (unpaired) electrons. The standard InChI is InChI=1S/C34H38ClFN3O4.Li/c1-41-21-6-19-37-18-4-2-3-5-22-42-27-12-7-24(8-13-27)33-32-29(30-23-25(35)9-16-31(30)38-32)17-20-39(33)34(40)43-28-14-10-26(36)11-15-28;/h7-16,23,33,38H,2-6,17-22H2,1H3;/q-1;+1. The molecule has 0 fully saturated rings. The fourth-order valence-corrected chi connectivity index (χ4v) is 5.69. The van der Waals surface area contributed by atoms with Crippen molar-refractivity contribution in [2.24, 2.45) is 0 Å². The Morgan fingerprint density at radius 1 is 0.955 bits per heavy atom. The van der Waals surface area contributed by atoms with Crippen molar-refractivity contribution >= 4 is 28.6 Å². The van der Waals surface area contributed by atoms with Gasteiger partial charge in [0, 0.05) is 41.9 Å². The molecule has 0 spiro atoms. The Balaban J connectivity index is 0.00000442. The van der Waals surface area contributed by atoms with E-state index in [-0.39, 0.29) is 24.7 Å². The SMILES string of the molecule is COCCC[N-]CCCCCCOc1ccc(C2c3[nH]c4ccc(Cl)cc4c3CCN2C(=O)Oc2ccc(F)cc2)cc1.[Li+]. The second-order valence-electron chi connectivity index (χ2n) is 10.7. The maximum Gasteiger partial charge on any atom is 1.00 e. The maximum absolute atomic E-state index is 13.4. The van der Waals surface area contributed by atoms with Crippen LogP contribution in [0.5, 0.6) is 11.5 Å². The van der Waals surface area contributed by atoms with Crippen LogP contribution in [0.4, 0.5) is 9.18 Å². The normalized spacial score (nSPS) is 14.2. The number of methoxy groups -OCH3 is 1. The first-order chi connectivity index (χ1) is 21.0. The Morgan fingerprint density at radius 2 is 1.68 bits per heavy atom. The Morgan fingerprint density at radius 3 is 2.45 bits per heavy atom. The zero-order chi connectivity index (χ0) is 30.0. The zero-order valence-corrected chi connectivity index (χ0v) is 26.2. The van der Waals surface area contributed by atoms with E-state index in [2.05, 4.69) is 10.3 Å². The minimum Gasteiger partial charge on any atom is -0.662 e. The summed E-state index contributed by atoms with van der Waals surface area (Å²) in [5.41, 5.74) is 3.96. The molecule has 3 aromatic carbocycles. The van der Waals surface area contributed by atoms with E-state index >= 15 is 0 Å². The first-order valence-corrected chi connectivity index (χ1v) is 15.3. The summed E-state index contributed by atoms with van der Waals surface area (Å²) in [4.78, 5) is 18.7. The van der Waals surface area contributed by atoms with Crippen molar-refractivity contribution in [2.75, 3.05) is 40.0 Å². The molecule has 1 aliphatic rings. The number of carbonyl (C=O) groups is 1. The third-order valence-electron chi connectivity index (χ3n) is 7.68. The van der Waals surface area contributed by atoms with Gasteiger partial charge in [0.15, 0.2) is 0 Å². The van der Waals surface area contributed by atoms with Crippen molar-refractivity contribution in [3.63, 3.8) is 0 Å². The monoisotopic (exact) mass is 613 g/mol. The Kier molecular flexibility index (Phi) is 13.0. The summed E-state index contributed by atoms with van der Waals surface area (Å²) >= 11 is 6.33. The molecule has 0 saturated heterocycles.